The predicted molar refractivity (Wildman–Crippen MR) is 120 cm³/mol. The van der Waals surface area contributed by atoms with Crippen molar-refractivity contribution in [1.29, 1.82) is 0 Å². The Kier molecular flexibility index (Phi) is 6.58. The van der Waals surface area contributed by atoms with E-state index < -0.39 is 47.6 Å². The first kappa shape index (κ1) is 25.4. The second-order valence-corrected chi connectivity index (χ2v) is 10.7. The number of carbonyl (C=O) groups is 2. The highest BCUT2D eigenvalue weighted by Gasteiger charge is 2.52. The fraction of sp³-hybridized carbons (Fsp3) is 0.652. The molecule has 1 aromatic rings. The van der Waals surface area contributed by atoms with Crippen LogP contribution in [-0.2, 0) is 14.0 Å². The number of likely N-dealkylation sites (N-methyl/N-ethyl adjacent to an activating group) is 1. The Hall–Kier alpha value is -2.20. The minimum atomic E-state index is -1.24. The molecule has 2 heterocycles. The molecule has 3 rings (SSSR count). The van der Waals surface area contributed by atoms with Gasteiger partial charge in [-0.2, -0.15) is 0 Å². The lowest BCUT2D eigenvalue weighted by Gasteiger charge is -2.32. The van der Waals surface area contributed by atoms with Crippen molar-refractivity contribution in [3.05, 3.63) is 29.3 Å². The number of halogens is 2. The minimum absolute atomic E-state index is 0.0911. The third-order valence-corrected chi connectivity index (χ3v) is 6.53. The number of hydrogen-bond donors (Lipinski definition) is 0. The van der Waals surface area contributed by atoms with Crippen molar-refractivity contribution in [3.63, 3.8) is 0 Å². The highest BCUT2D eigenvalue weighted by Crippen LogP contribution is 2.37. The van der Waals surface area contributed by atoms with E-state index in [0.717, 1.165) is 0 Å². The maximum absolute atomic E-state index is 15.0. The molecule has 2 aliphatic heterocycles. The van der Waals surface area contributed by atoms with Gasteiger partial charge in [0.15, 0.2) is 11.6 Å². The molecule has 0 saturated carbocycles. The molecule has 2 aliphatic rings. The van der Waals surface area contributed by atoms with Gasteiger partial charge in [0.05, 0.1) is 22.8 Å². The van der Waals surface area contributed by atoms with Crippen molar-refractivity contribution in [2.24, 2.45) is 0 Å². The Balaban J connectivity index is 1.73. The number of ether oxygens (including phenoxy) is 1. The molecule has 2 saturated heterocycles. The van der Waals surface area contributed by atoms with E-state index in [0.29, 0.717) is 13.0 Å². The lowest BCUT2D eigenvalue weighted by atomic mass is 9.78. The molecule has 0 radical (unpaired) electrons. The SMILES string of the molecule is CN(C(=O)OC(C)(C)C)[C@H]1CCN(C(=O)c2ccc(B3OC(C)(C)C(C)(C)O3)c(F)c2F)C1. The summed E-state index contributed by atoms with van der Waals surface area (Å²) in [4.78, 5) is 28.1. The highest BCUT2D eigenvalue weighted by molar-refractivity contribution is 6.62. The molecule has 2 amide bonds. The molecule has 33 heavy (non-hydrogen) atoms. The average Bonchev–Trinajstić information content (AvgIpc) is 3.24. The van der Waals surface area contributed by atoms with E-state index in [1.165, 1.54) is 21.9 Å². The molecule has 1 atom stereocenters. The monoisotopic (exact) mass is 466 g/mol. The van der Waals surface area contributed by atoms with Crippen LogP contribution in [0.3, 0.4) is 0 Å². The van der Waals surface area contributed by atoms with Crippen molar-refractivity contribution in [2.75, 3.05) is 20.1 Å². The minimum Gasteiger partial charge on any atom is -0.444 e. The zero-order chi connectivity index (χ0) is 24.9. The Bertz CT molecular complexity index is 932. The average molecular weight is 466 g/mol. The number of hydrogen-bond acceptors (Lipinski definition) is 5. The molecule has 0 spiro atoms. The van der Waals surface area contributed by atoms with Crippen molar-refractivity contribution >= 4 is 24.6 Å². The summed E-state index contributed by atoms with van der Waals surface area (Å²) in [6, 6.07) is 2.31. The summed E-state index contributed by atoms with van der Waals surface area (Å²) in [5.41, 5.74) is -2.52. The van der Waals surface area contributed by atoms with Crippen LogP contribution in [0.25, 0.3) is 0 Å². The van der Waals surface area contributed by atoms with Gasteiger partial charge in [-0.3, -0.25) is 4.79 Å². The number of carbonyl (C=O) groups excluding carboxylic acids is 2. The van der Waals surface area contributed by atoms with Gasteiger partial charge in [0.1, 0.15) is 5.60 Å². The van der Waals surface area contributed by atoms with E-state index in [-0.39, 0.29) is 23.6 Å². The molecule has 0 aromatic heterocycles. The van der Waals surface area contributed by atoms with Gasteiger partial charge in [-0.15, -0.1) is 0 Å². The molecule has 0 bridgehead atoms. The molecular weight excluding hydrogens is 433 g/mol. The number of rotatable bonds is 3. The molecule has 0 unspecified atom stereocenters. The normalized spacial score (nSPS) is 21.9. The lowest BCUT2D eigenvalue weighted by Crippen LogP contribution is -2.43. The zero-order valence-corrected chi connectivity index (χ0v) is 20.6. The first-order valence-electron chi connectivity index (χ1n) is 11.1. The number of nitrogens with zero attached hydrogens (tertiary/aromatic N) is 2. The summed E-state index contributed by atoms with van der Waals surface area (Å²) >= 11 is 0. The van der Waals surface area contributed by atoms with E-state index >= 15 is 0 Å². The van der Waals surface area contributed by atoms with E-state index in [1.54, 1.807) is 27.8 Å². The Morgan fingerprint density at radius 1 is 1.12 bits per heavy atom. The first-order valence-corrected chi connectivity index (χ1v) is 11.1. The maximum atomic E-state index is 15.0. The van der Waals surface area contributed by atoms with Crippen molar-refractivity contribution in [3.8, 4) is 0 Å². The second kappa shape index (κ2) is 8.54. The van der Waals surface area contributed by atoms with Crippen LogP contribution in [0.15, 0.2) is 12.1 Å². The summed E-state index contributed by atoms with van der Waals surface area (Å²) < 4.78 is 46.9. The molecule has 7 nitrogen and oxygen atoms in total. The Labute approximate surface area is 194 Å². The standard InChI is InChI=1S/C23H33BF2N2O5/c1-21(2,3)31-20(30)27(8)14-11-12-28(13-14)19(29)15-9-10-16(18(26)17(15)25)24-32-22(4,5)23(6,7)33-24/h9-10,14H,11-13H2,1-8H3/t14-/m0/s1. The molecule has 0 aliphatic carbocycles. The summed E-state index contributed by atoms with van der Waals surface area (Å²) in [6.07, 6.45) is 0.0169. The number of benzene rings is 1. The molecule has 0 N–H and O–H groups in total. The van der Waals surface area contributed by atoms with Crippen LogP contribution in [0.2, 0.25) is 0 Å². The third-order valence-electron chi connectivity index (χ3n) is 6.53. The van der Waals surface area contributed by atoms with Crippen LogP contribution in [0, 0.1) is 11.6 Å². The largest absolute Gasteiger partial charge is 0.497 e. The predicted octanol–water partition coefficient (Wildman–Crippen LogP) is 3.35. The molecule has 1 aromatic carbocycles. The molecule has 10 heteroatoms. The fourth-order valence-corrected chi connectivity index (χ4v) is 3.78. The van der Waals surface area contributed by atoms with Gasteiger partial charge >= 0.3 is 13.2 Å². The molecule has 2 fully saturated rings. The smallest absolute Gasteiger partial charge is 0.444 e. The van der Waals surface area contributed by atoms with Gasteiger partial charge in [0, 0.05) is 25.6 Å². The summed E-state index contributed by atoms with van der Waals surface area (Å²) in [5, 5.41) is 0. The third kappa shape index (κ3) is 5.01. The van der Waals surface area contributed by atoms with E-state index in [4.69, 9.17) is 14.0 Å². The van der Waals surface area contributed by atoms with Crippen LogP contribution in [0.1, 0.15) is 65.2 Å². The number of likely N-dealkylation sites (tertiary alicyclic amines) is 1. The van der Waals surface area contributed by atoms with Gasteiger partial charge in [0.25, 0.3) is 5.91 Å². The van der Waals surface area contributed by atoms with Gasteiger partial charge in [0.2, 0.25) is 0 Å². The molecule has 182 valence electrons. The van der Waals surface area contributed by atoms with E-state index in [9.17, 15) is 18.4 Å². The zero-order valence-electron chi connectivity index (χ0n) is 20.6. The quantitative estimate of drug-likeness (QED) is 0.640. The fourth-order valence-electron chi connectivity index (χ4n) is 3.78. The van der Waals surface area contributed by atoms with Crippen LogP contribution in [0.4, 0.5) is 13.6 Å². The van der Waals surface area contributed by atoms with Crippen LogP contribution < -0.4 is 5.46 Å². The summed E-state index contributed by atoms with van der Waals surface area (Å²) in [7, 11) is 0.527. The van der Waals surface area contributed by atoms with Crippen LogP contribution in [-0.4, -0.2) is 71.9 Å². The van der Waals surface area contributed by atoms with E-state index in [1.807, 2.05) is 27.7 Å². The number of amides is 2. The Morgan fingerprint density at radius 2 is 1.70 bits per heavy atom. The van der Waals surface area contributed by atoms with Gasteiger partial charge in [-0.1, -0.05) is 6.07 Å². The van der Waals surface area contributed by atoms with Gasteiger partial charge in [-0.05, 0) is 61.0 Å². The van der Waals surface area contributed by atoms with Crippen molar-refractivity contribution < 1.29 is 32.4 Å². The highest BCUT2D eigenvalue weighted by atomic mass is 19.2. The first-order chi connectivity index (χ1) is 15.0. The lowest BCUT2D eigenvalue weighted by molar-refractivity contribution is 0.00578. The van der Waals surface area contributed by atoms with Crippen LogP contribution in [0.5, 0.6) is 0 Å². The maximum Gasteiger partial charge on any atom is 0.497 e. The Morgan fingerprint density at radius 3 is 2.24 bits per heavy atom. The van der Waals surface area contributed by atoms with Crippen molar-refractivity contribution in [2.45, 2.75) is 77.7 Å². The topological polar surface area (TPSA) is 68.3 Å². The second-order valence-electron chi connectivity index (χ2n) is 10.7. The van der Waals surface area contributed by atoms with Crippen molar-refractivity contribution in [1.82, 2.24) is 9.80 Å². The summed E-state index contributed by atoms with van der Waals surface area (Å²) in [5.74, 6) is -3.04. The molecular formula is C23H33BF2N2O5. The van der Waals surface area contributed by atoms with Gasteiger partial charge < -0.3 is 23.8 Å². The summed E-state index contributed by atoms with van der Waals surface area (Å²) in [6.45, 7) is 13.1. The van der Waals surface area contributed by atoms with E-state index in [2.05, 4.69) is 0 Å². The van der Waals surface area contributed by atoms with Gasteiger partial charge in [-0.25, -0.2) is 13.6 Å². The van der Waals surface area contributed by atoms with Crippen LogP contribution >= 0.6 is 0 Å².